The van der Waals surface area contributed by atoms with Gasteiger partial charge in [0, 0.05) is 23.7 Å². The van der Waals surface area contributed by atoms with Gasteiger partial charge in [0.1, 0.15) is 11.0 Å². The summed E-state index contributed by atoms with van der Waals surface area (Å²) in [6, 6.07) is 9.51. The monoisotopic (exact) mass is 375 g/mol. The van der Waals surface area contributed by atoms with Crippen LogP contribution in [0, 0.1) is 0 Å². The second-order valence-corrected chi connectivity index (χ2v) is 9.05. The maximum Gasteiger partial charge on any atom is 0.246 e. The van der Waals surface area contributed by atoms with Crippen LogP contribution in [0.1, 0.15) is 19.5 Å². The van der Waals surface area contributed by atoms with E-state index < -0.39 is 10.8 Å². The highest BCUT2D eigenvalue weighted by molar-refractivity contribution is 8.01. The first-order chi connectivity index (χ1) is 11.9. The van der Waals surface area contributed by atoms with Crippen LogP contribution in [0.4, 0.5) is 0 Å². The number of thiazole rings is 1. The third kappa shape index (κ3) is 4.04. The number of likely N-dealkylation sites (N-methyl/N-ethyl adjacent to an activating group) is 1. The highest BCUT2D eigenvalue weighted by atomic mass is 32.2. The van der Waals surface area contributed by atoms with E-state index in [0.29, 0.717) is 12.3 Å². The summed E-state index contributed by atoms with van der Waals surface area (Å²) in [4.78, 5) is 30.9. The first-order valence-corrected chi connectivity index (χ1v) is 9.93. The quantitative estimate of drug-likeness (QED) is 0.893. The zero-order valence-corrected chi connectivity index (χ0v) is 16.1. The summed E-state index contributed by atoms with van der Waals surface area (Å²) in [6.45, 7) is 4.18. The summed E-state index contributed by atoms with van der Waals surface area (Å²) >= 11 is 3.09. The molecule has 0 spiro atoms. The van der Waals surface area contributed by atoms with Crippen molar-refractivity contribution in [1.29, 1.82) is 0 Å². The lowest BCUT2D eigenvalue weighted by atomic mass is 10.1. The number of nitrogens with one attached hydrogen (secondary N) is 1. The molecule has 7 heteroatoms. The van der Waals surface area contributed by atoms with E-state index in [-0.39, 0.29) is 11.8 Å². The first kappa shape index (κ1) is 17.9. The van der Waals surface area contributed by atoms with Crippen molar-refractivity contribution >= 4 is 34.9 Å². The van der Waals surface area contributed by atoms with Crippen LogP contribution in [0.2, 0.25) is 0 Å². The summed E-state index contributed by atoms with van der Waals surface area (Å²) in [5, 5.41) is 5.76. The molecular formula is C18H21N3O2S2. The van der Waals surface area contributed by atoms with Crippen LogP contribution in [0.3, 0.4) is 0 Å². The molecule has 0 saturated carbocycles. The molecule has 0 bridgehead atoms. The minimum absolute atomic E-state index is 0.0781. The van der Waals surface area contributed by atoms with Crippen LogP contribution >= 0.6 is 23.1 Å². The smallest absolute Gasteiger partial charge is 0.246 e. The summed E-state index contributed by atoms with van der Waals surface area (Å²) in [5.41, 5.74) is 1.93. The van der Waals surface area contributed by atoms with Crippen LogP contribution in [0.5, 0.6) is 0 Å². The van der Waals surface area contributed by atoms with Crippen LogP contribution in [0.25, 0.3) is 10.6 Å². The topological polar surface area (TPSA) is 62.3 Å². The van der Waals surface area contributed by atoms with Crippen molar-refractivity contribution < 1.29 is 9.59 Å². The van der Waals surface area contributed by atoms with E-state index in [0.717, 1.165) is 16.3 Å². The summed E-state index contributed by atoms with van der Waals surface area (Å²) < 4.78 is -0.477. The molecule has 1 fully saturated rings. The predicted molar refractivity (Wildman–Crippen MR) is 102 cm³/mol. The number of amides is 2. The number of hydrogen-bond acceptors (Lipinski definition) is 5. The van der Waals surface area contributed by atoms with Crippen LogP contribution < -0.4 is 5.32 Å². The normalized spacial score (nSPS) is 19.3. The third-order valence-electron chi connectivity index (χ3n) is 4.11. The second-order valence-electron chi connectivity index (χ2n) is 6.55. The fraction of sp³-hybridized carbons (Fsp3) is 0.389. The molecule has 0 radical (unpaired) electrons. The largest absolute Gasteiger partial charge is 0.342 e. The van der Waals surface area contributed by atoms with Gasteiger partial charge in [0.2, 0.25) is 11.8 Å². The van der Waals surface area contributed by atoms with Gasteiger partial charge in [0.25, 0.3) is 0 Å². The number of hydrogen-bond donors (Lipinski definition) is 1. The van der Waals surface area contributed by atoms with Crippen LogP contribution in [-0.4, -0.2) is 45.3 Å². The molecule has 5 nitrogen and oxygen atoms in total. The Kier molecular flexibility index (Phi) is 5.15. The minimum atomic E-state index is -0.477. The van der Waals surface area contributed by atoms with Gasteiger partial charge in [-0.05, 0) is 13.8 Å². The minimum Gasteiger partial charge on any atom is -0.342 e. The van der Waals surface area contributed by atoms with Gasteiger partial charge in [0.15, 0.2) is 0 Å². The van der Waals surface area contributed by atoms with Gasteiger partial charge in [-0.25, -0.2) is 4.98 Å². The molecule has 1 aliphatic rings. The number of rotatable bonds is 4. The molecule has 1 saturated heterocycles. The Labute approximate surface area is 155 Å². The lowest BCUT2D eigenvalue weighted by Gasteiger charge is -2.34. The number of benzene rings is 1. The lowest BCUT2D eigenvalue weighted by molar-refractivity contribution is -0.136. The van der Waals surface area contributed by atoms with E-state index in [4.69, 9.17) is 0 Å². The lowest BCUT2D eigenvalue weighted by Crippen LogP contribution is -2.57. The number of nitrogens with zero attached hydrogens (tertiary/aromatic N) is 2. The van der Waals surface area contributed by atoms with Crippen molar-refractivity contribution in [3.05, 3.63) is 41.4 Å². The molecule has 3 rings (SSSR count). The molecule has 2 heterocycles. The summed E-state index contributed by atoms with van der Waals surface area (Å²) in [5.74, 6) is 0.426. The van der Waals surface area contributed by atoms with Crippen molar-refractivity contribution in [2.24, 2.45) is 0 Å². The van der Waals surface area contributed by atoms with E-state index in [1.165, 1.54) is 11.8 Å². The predicted octanol–water partition coefficient (Wildman–Crippen LogP) is 2.78. The number of carbonyl (C=O) groups is 2. The van der Waals surface area contributed by atoms with Gasteiger partial charge in [-0.2, -0.15) is 0 Å². The number of thioether (sulfide) groups is 1. The molecule has 1 atom stereocenters. The fourth-order valence-electron chi connectivity index (χ4n) is 2.54. The Morgan fingerprint density at radius 1 is 1.36 bits per heavy atom. The zero-order chi connectivity index (χ0) is 18.0. The number of carbonyl (C=O) groups excluding carboxylic acids is 2. The van der Waals surface area contributed by atoms with Crippen molar-refractivity contribution in [1.82, 2.24) is 15.2 Å². The molecule has 1 aliphatic heterocycles. The molecule has 2 amide bonds. The third-order valence-corrected chi connectivity index (χ3v) is 6.46. The zero-order valence-electron chi connectivity index (χ0n) is 14.5. The first-order valence-electron chi connectivity index (χ1n) is 8.06. The van der Waals surface area contributed by atoms with Crippen molar-refractivity contribution in [2.75, 3.05) is 12.8 Å². The van der Waals surface area contributed by atoms with Gasteiger partial charge in [0.05, 0.1) is 17.0 Å². The standard InChI is InChI=1S/C18H21N3O2S2/c1-18(2)17(23)20-14(11-25-18)16(22)21(3)9-13-10-24-15(19-13)12-7-5-4-6-8-12/h4-8,10,14H,9,11H2,1-3H3,(H,20,23). The highest BCUT2D eigenvalue weighted by Crippen LogP contribution is 2.29. The molecular weight excluding hydrogens is 354 g/mol. The second kappa shape index (κ2) is 7.17. The van der Waals surface area contributed by atoms with Crippen molar-refractivity contribution in [3.8, 4) is 10.6 Å². The van der Waals surface area contributed by atoms with E-state index in [1.807, 2.05) is 49.6 Å². The Hall–Kier alpha value is -1.86. The van der Waals surface area contributed by atoms with Gasteiger partial charge >= 0.3 is 0 Å². The Bertz CT molecular complexity index is 774. The molecule has 1 aromatic heterocycles. The van der Waals surface area contributed by atoms with Crippen molar-refractivity contribution in [3.63, 3.8) is 0 Å². The SMILES string of the molecule is CN(Cc1csc(-c2ccccc2)n1)C(=O)C1CSC(C)(C)C(=O)N1. The molecule has 0 aliphatic carbocycles. The highest BCUT2D eigenvalue weighted by Gasteiger charge is 2.38. The molecule has 25 heavy (non-hydrogen) atoms. The van der Waals surface area contributed by atoms with Gasteiger partial charge in [-0.1, -0.05) is 30.3 Å². The molecule has 2 aromatic rings. The fourth-order valence-corrected chi connectivity index (χ4v) is 4.36. The van der Waals surface area contributed by atoms with Crippen LogP contribution in [-0.2, 0) is 16.1 Å². The maximum absolute atomic E-state index is 12.6. The van der Waals surface area contributed by atoms with E-state index >= 15 is 0 Å². The number of aromatic nitrogens is 1. The maximum atomic E-state index is 12.6. The Balaban J connectivity index is 1.63. The molecule has 1 aromatic carbocycles. The van der Waals surface area contributed by atoms with Gasteiger partial charge in [-0.15, -0.1) is 23.1 Å². The average Bonchev–Trinajstić information content (AvgIpc) is 3.06. The van der Waals surface area contributed by atoms with E-state index in [1.54, 1.807) is 23.3 Å². The Morgan fingerprint density at radius 3 is 2.76 bits per heavy atom. The summed E-state index contributed by atoms with van der Waals surface area (Å²) in [7, 11) is 1.75. The molecule has 132 valence electrons. The molecule has 1 N–H and O–H groups in total. The Morgan fingerprint density at radius 2 is 2.08 bits per heavy atom. The van der Waals surface area contributed by atoms with E-state index in [9.17, 15) is 9.59 Å². The average molecular weight is 376 g/mol. The van der Waals surface area contributed by atoms with Gasteiger partial charge in [-0.3, -0.25) is 9.59 Å². The van der Waals surface area contributed by atoms with Crippen molar-refractivity contribution in [2.45, 2.75) is 31.2 Å². The summed E-state index contributed by atoms with van der Waals surface area (Å²) in [6.07, 6.45) is 0. The van der Waals surface area contributed by atoms with E-state index in [2.05, 4.69) is 10.3 Å². The van der Waals surface area contributed by atoms with Crippen LogP contribution in [0.15, 0.2) is 35.7 Å². The van der Waals surface area contributed by atoms with Gasteiger partial charge < -0.3 is 10.2 Å². The molecule has 1 unspecified atom stereocenters.